The number of nitrogens with zero attached hydrogens (tertiary/aromatic N) is 1. The summed E-state index contributed by atoms with van der Waals surface area (Å²) < 4.78 is 27.8. The SMILES string of the molecule is CCCNC(=O)CSC1=NS(=O)(=O)c2ccc(C)cc2N1. The Kier molecular flexibility index (Phi) is 4.89. The van der Waals surface area contributed by atoms with E-state index in [4.69, 9.17) is 0 Å². The zero-order valence-corrected chi connectivity index (χ0v) is 13.5. The maximum atomic E-state index is 12.1. The van der Waals surface area contributed by atoms with Crippen molar-refractivity contribution in [3.8, 4) is 0 Å². The average molecular weight is 327 g/mol. The van der Waals surface area contributed by atoms with Gasteiger partial charge in [0.15, 0.2) is 5.17 Å². The minimum Gasteiger partial charge on any atom is -0.355 e. The zero-order chi connectivity index (χ0) is 15.5. The fourth-order valence-corrected chi connectivity index (χ4v) is 3.82. The Morgan fingerprint density at radius 2 is 2.19 bits per heavy atom. The van der Waals surface area contributed by atoms with E-state index >= 15 is 0 Å². The topological polar surface area (TPSA) is 87.6 Å². The summed E-state index contributed by atoms with van der Waals surface area (Å²) in [7, 11) is -3.70. The second-order valence-corrected chi connectivity index (χ2v) is 7.17. The van der Waals surface area contributed by atoms with Crippen molar-refractivity contribution in [3.05, 3.63) is 23.8 Å². The lowest BCUT2D eigenvalue weighted by Gasteiger charge is -2.17. The van der Waals surface area contributed by atoms with Crippen molar-refractivity contribution in [1.29, 1.82) is 0 Å². The normalized spacial score (nSPS) is 15.6. The number of thioether (sulfide) groups is 1. The van der Waals surface area contributed by atoms with Gasteiger partial charge in [0.25, 0.3) is 10.0 Å². The molecule has 1 aromatic rings. The highest BCUT2D eigenvalue weighted by Crippen LogP contribution is 2.30. The second-order valence-electron chi connectivity index (χ2n) is 4.63. The zero-order valence-electron chi connectivity index (χ0n) is 11.8. The van der Waals surface area contributed by atoms with E-state index in [0.29, 0.717) is 12.2 Å². The van der Waals surface area contributed by atoms with Gasteiger partial charge in [-0.15, -0.1) is 4.40 Å². The van der Waals surface area contributed by atoms with Gasteiger partial charge in [-0.2, -0.15) is 8.42 Å². The number of sulfonamides is 1. The Hall–Kier alpha value is -1.54. The Bertz CT molecular complexity index is 684. The molecular formula is C13H17N3O3S2. The highest BCUT2D eigenvalue weighted by atomic mass is 32.2. The number of amidine groups is 1. The van der Waals surface area contributed by atoms with E-state index in [-0.39, 0.29) is 21.7 Å². The number of benzene rings is 1. The van der Waals surface area contributed by atoms with E-state index in [2.05, 4.69) is 15.0 Å². The average Bonchev–Trinajstić information content (AvgIpc) is 2.41. The lowest BCUT2D eigenvalue weighted by atomic mass is 10.2. The smallest absolute Gasteiger partial charge is 0.286 e. The molecule has 1 aromatic carbocycles. The molecule has 1 aliphatic heterocycles. The molecule has 0 saturated heterocycles. The van der Waals surface area contributed by atoms with Crippen LogP contribution in [0, 0.1) is 6.92 Å². The van der Waals surface area contributed by atoms with Crippen LogP contribution in [-0.2, 0) is 14.8 Å². The third-order valence-corrected chi connectivity index (χ3v) is 5.09. The van der Waals surface area contributed by atoms with Crippen molar-refractivity contribution in [3.63, 3.8) is 0 Å². The number of carbonyl (C=O) groups is 1. The van der Waals surface area contributed by atoms with Crippen molar-refractivity contribution in [1.82, 2.24) is 5.32 Å². The van der Waals surface area contributed by atoms with Crippen LogP contribution < -0.4 is 10.6 Å². The summed E-state index contributed by atoms with van der Waals surface area (Å²) in [6.45, 7) is 4.46. The lowest BCUT2D eigenvalue weighted by Crippen LogP contribution is -2.27. The number of anilines is 1. The number of fused-ring (bicyclic) bond motifs is 1. The highest BCUT2D eigenvalue weighted by molar-refractivity contribution is 8.15. The van der Waals surface area contributed by atoms with Crippen LogP contribution >= 0.6 is 11.8 Å². The first-order valence-electron chi connectivity index (χ1n) is 6.54. The number of nitrogens with one attached hydrogen (secondary N) is 2. The van der Waals surface area contributed by atoms with Gasteiger partial charge >= 0.3 is 0 Å². The molecule has 2 N–H and O–H groups in total. The molecule has 114 valence electrons. The van der Waals surface area contributed by atoms with Crippen molar-refractivity contribution < 1.29 is 13.2 Å². The van der Waals surface area contributed by atoms with Crippen LogP contribution in [0.2, 0.25) is 0 Å². The molecule has 6 nitrogen and oxygen atoms in total. The van der Waals surface area contributed by atoms with E-state index in [1.807, 2.05) is 13.8 Å². The number of carbonyl (C=O) groups excluding carboxylic acids is 1. The lowest BCUT2D eigenvalue weighted by molar-refractivity contribution is -0.118. The second kappa shape index (κ2) is 6.48. The van der Waals surface area contributed by atoms with Crippen molar-refractivity contribution in [2.24, 2.45) is 4.40 Å². The van der Waals surface area contributed by atoms with Gasteiger partial charge in [0, 0.05) is 6.54 Å². The number of amides is 1. The minimum absolute atomic E-state index is 0.127. The summed E-state index contributed by atoms with van der Waals surface area (Å²) in [6, 6.07) is 5.01. The van der Waals surface area contributed by atoms with E-state index in [1.165, 1.54) is 6.07 Å². The monoisotopic (exact) mass is 327 g/mol. The Balaban J connectivity index is 2.10. The summed E-state index contributed by atoms with van der Waals surface area (Å²) in [5, 5.41) is 5.91. The van der Waals surface area contributed by atoms with Crippen molar-refractivity contribution >= 4 is 38.5 Å². The largest absolute Gasteiger partial charge is 0.355 e. The van der Waals surface area contributed by atoms with E-state index < -0.39 is 10.0 Å². The minimum atomic E-state index is -3.70. The molecule has 0 radical (unpaired) electrons. The quantitative estimate of drug-likeness (QED) is 0.879. The van der Waals surface area contributed by atoms with Crippen molar-refractivity contribution in [2.45, 2.75) is 25.2 Å². The highest BCUT2D eigenvalue weighted by Gasteiger charge is 2.25. The summed E-state index contributed by atoms with van der Waals surface area (Å²) in [6.07, 6.45) is 0.858. The third kappa shape index (κ3) is 3.98. The molecule has 2 rings (SSSR count). The van der Waals surface area contributed by atoms with Crippen LogP contribution in [0.25, 0.3) is 0 Å². The van der Waals surface area contributed by atoms with Gasteiger partial charge in [-0.05, 0) is 31.0 Å². The van der Waals surface area contributed by atoms with Crippen LogP contribution in [0.15, 0.2) is 27.5 Å². The van der Waals surface area contributed by atoms with Gasteiger partial charge in [-0.3, -0.25) is 4.79 Å². The molecule has 0 saturated carbocycles. The maximum absolute atomic E-state index is 12.1. The fourth-order valence-electron chi connectivity index (χ4n) is 1.77. The van der Waals surface area contributed by atoms with Crippen LogP contribution in [0.4, 0.5) is 5.69 Å². The molecule has 0 atom stereocenters. The molecule has 0 unspecified atom stereocenters. The molecule has 0 aliphatic carbocycles. The molecule has 0 aromatic heterocycles. The summed E-state index contributed by atoms with van der Waals surface area (Å²) in [5.41, 5.74) is 1.45. The van der Waals surface area contributed by atoms with Crippen LogP contribution in [0.5, 0.6) is 0 Å². The fraction of sp³-hybridized carbons (Fsp3) is 0.385. The van der Waals surface area contributed by atoms with E-state index in [9.17, 15) is 13.2 Å². The predicted molar refractivity (Wildman–Crippen MR) is 85.2 cm³/mol. The summed E-state index contributed by atoms with van der Waals surface area (Å²) in [5.74, 6) is -0.0125. The summed E-state index contributed by atoms with van der Waals surface area (Å²) >= 11 is 1.08. The van der Waals surface area contributed by atoms with Crippen LogP contribution in [0.3, 0.4) is 0 Å². The number of aryl methyl sites for hydroxylation is 1. The number of hydrogen-bond acceptors (Lipinski definition) is 5. The van der Waals surface area contributed by atoms with Gasteiger partial charge in [0.05, 0.1) is 11.4 Å². The predicted octanol–water partition coefficient (Wildman–Crippen LogP) is 1.72. The molecule has 0 bridgehead atoms. The first kappa shape index (κ1) is 15.8. The Labute approximate surface area is 128 Å². The molecule has 1 amide bonds. The molecule has 0 spiro atoms. The van der Waals surface area contributed by atoms with Crippen LogP contribution in [0.1, 0.15) is 18.9 Å². The summed E-state index contributed by atoms with van der Waals surface area (Å²) in [4.78, 5) is 11.7. The van der Waals surface area contributed by atoms with Crippen LogP contribution in [-0.4, -0.2) is 31.8 Å². The number of rotatable bonds is 4. The molecular weight excluding hydrogens is 310 g/mol. The van der Waals surface area contributed by atoms with E-state index in [0.717, 1.165) is 23.7 Å². The standard InChI is InChI=1S/C13H17N3O3S2/c1-3-6-14-12(17)8-20-13-15-10-7-9(2)4-5-11(10)21(18,19)16-13/h4-5,7H,3,6,8H2,1-2H3,(H,14,17)(H,15,16). The third-order valence-electron chi connectivity index (χ3n) is 2.77. The van der Waals surface area contributed by atoms with Gasteiger partial charge in [0.2, 0.25) is 5.91 Å². The van der Waals surface area contributed by atoms with Crippen molar-refractivity contribution in [2.75, 3.05) is 17.6 Å². The van der Waals surface area contributed by atoms with Gasteiger partial charge in [0.1, 0.15) is 4.90 Å². The van der Waals surface area contributed by atoms with Gasteiger partial charge in [-0.1, -0.05) is 24.8 Å². The molecule has 1 heterocycles. The maximum Gasteiger partial charge on any atom is 0.286 e. The molecule has 8 heteroatoms. The Morgan fingerprint density at radius 3 is 2.90 bits per heavy atom. The van der Waals surface area contributed by atoms with Gasteiger partial charge < -0.3 is 10.6 Å². The molecule has 21 heavy (non-hydrogen) atoms. The van der Waals surface area contributed by atoms with E-state index in [1.54, 1.807) is 12.1 Å². The first-order valence-corrected chi connectivity index (χ1v) is 8.97. The first-order chi connectivity index (χ1) is 9.92. The molecule has 1 aliphatic rings. The number of hydrogen-bond donors (Lipinski definition) is 2. The molecule has 0 fully saturated rings. The Morgan fingerprint density at radius 1 is 1.43 bits per heavy atom. The van der Waals surface area contributed by atoms with Gasteiger partial charge in [-0.25, -0.2) is 0 Å².